The zero-order chi connectivity index (χ0) is 24.5. The average molecular weight is 474 g/mol. The molecule has 1 heterocycles. The van der Waals surface area contributed by atoms with Gasteiger partial charge >= 0.3 is 12.1 Å². The van der Waals surface area contributed by atoms with Crippen LogP contribution in [0.5, 0.6) is 11.5 Å². The van der Waals surface area contributed by atoms with Crippen molar-refractivity contribution in [3.63, 3.8) is 0 Å². The van der Waals surface area contributed by atoms with Gasteiger partial charge in [0.15, 0.2) is 0 Å². The Morgan fingerprint density at radius 2 is 1.46 bits per heavy atom. The molecule has 5 rings (SSSR count). The number of hydrogen-bond donors (Lipinski definition) is 1. The second kappa shape index (κ2) is 9.33. The fourth-order valence-corrected chi connectivity index (χ4v) is 5.27. The van der Waals surface area contributed by atoms with Crippen LogP contribution >= 0.6 is 0 Å². The third kappa shape index (κ3) is 4.18. The topological polar surface area (TPSA) is 85.3 Å². The first-order valence-corrected chi connectivity index (χ1v) is 11.6. The molecule has 0 spiro atoms. The third-order valence-corrected chi connectivity index (χ3v) is 7.03. The van der Waals surface area contributed by atoms with Gasteiger partial charge in [-0.2, -0.15) is 0 Å². The van der Waals surface area contributed by atoms with Crippen molar-refractivity contribution in [2.75, 3.05) is 33.9 Å². The monoisotopic (exact) mass is 473 g/mol. The van der Waals surface area contributed by atoms with Crippen LogP contribution in [0.25, 0.3) is 11.1 Å². The van der Waals surface area contributed by atoms with Crippen LogP contribution < -0.4 is 9.47 Å². The molecule has 1 fully saturated rings. The number of ether oxygens (including phenoxy) is 3. The maximum Gasteiger partial charge on any atom is 0.409 e. The van der Waals surface area contributed by atoms with E-state index in [0.29, 0.717) is 11.5 Å². The van der Waals surface area contributed by atoms with Gasteiger partial charge in [0.2, 0.25) is 0 Å². The Balaban J connectivity index is 1.33. The largest absolute Gasteiger partial charge is 0.497 e. The van der Waals surface area contributed by atoms with Crippen molar-refractivity contribution < 1.29 is 28.9 Å². The molecule has 2 unspecified atom stereocenters. The van der Waals surface area contributed by atoms with Gasteiger partial charge in [-0.1, -0.05) is 48.5 Å². The number of rotatable bonds is 6. The molecule has 0 bridgehead atoms. The fourth-order valence-electron chi connectivity index (χ4n) is 5.27. The molecular weight excluding hydrogens is 446 g/mol. The Morgan fingerprint density at radius 3 is 2.00 bits per heavy atom. The van der Waals surface area contributed by atoms with Crippen LogP contribution in [0.1, 0.15) is 28.5 Å². The van der Waals surface area contributed by atoms with E-state index in [1.807, 2.05) is 24.3 Å². The summed E-state index contributed by atoms with van der Waals surface area (Å²) in [7, 11) is 3.09. The summed E-state index contributed by atoms with van der Waals surface area (Å²) >= 11 is 0. The summed E-state index contributed by atoms with van der Waals surface area (Å²) in [6, 6.07) is 21.6. The number of carbonyl (C=O) groups excluding carboxylic acids is 1. The molecular formula is C28H27NO6. The van der Waals surface area contributed by atoms with Gasteiger partial charge in [0.1, 0.15) is 18.1 Å². The van der Waals surface area contributed by atoms with Crippen LogP contribution in [0.3, 0.4) is 0 Å². The van der Waals surface area contributed by atoms with E-state index >= 15 is 0 Å². The molecule has 3 aromatic carbocycles. The highest BCUT2D eigenvalue weighted by Gasteiger charge is 2.42. The standard InChI is InChI=1S/C28H27NO6/c1-33-18-11-17(12-19(13-18)34-2)24-14-29(15-25(24)27(30)31)28(32)35-16-26-22-9-5-3-7-20(22)21-8-4-6-10-23(21)26/h3-13,24-26H,14-16H2,1-2H3,(H,30,31). The zero-order valence-electron chi connectivity index (χ0n) is 19.6. The molecule has 0 radical (unpaired) electrons. The van der Waals surface area contributed by atoms with E-state index in [0.717, 1.165) is 27.8 Å². The average Bonchev–Trinajstić information content (AvgIpc) is 3.48. The van der Waals surface area contributed by atoms with Gasteiger partial charge in [-0.05, 0) is 39.9 Å². The van der Waals surface area contributed by atoms with Gasteiger partial charge in [0.25, 0.3) is 0 Å². The number of carbonyl (C=O) groups is 2. The number of carboxylic acid groups (broad SMARTS) is 1. The first-order chi connectivity index (χ1) is 17.0. The molecule has 1 N–H and O–H groups in total. The van der Waals surface area contributed by atoms with Crippen LogP contribution in [-0.4, -0.2) is 56.0 Å². The molecule has 180 valence electrons. The van der Waals surface area contributed by atoms with E-state index in [4.69, 9.17) is 14.2 Å². The molecule has 1 aliphatic heterocycles. The van der Waals surface area contributed by atoms with Gasteiger partial charge in [0.05, 0.1) is 20.1 Å². The normalized spacial score (nSPS) is 18.6. The Labute approximate surface area is 203 Å². The summed E-state index contributed by atoms with van der Waals surface area (Å²) in [4.78, 5) is 26.6. The van der Waals surface area contributed by atoms with Gasteiger partial charge < -0.3 is 24.2 Å². The van der Waals surface area contributed by atoms with Gasteiger partial charge in [-0.15, -0.1) is 0 Å². The van der Waals surface area contributed by atoms with Crippen LogP contribution in [0.4, 0.5) is 4.79 Å². The molecule has 35 heavy (non-hydrogen) atoms. The Kier molecular flexibility index (Phi) is 6.07. The van der Waals surface area contributed by atoms with Crippen molar-refractivity contribution in [2.24, 2.45) is 5.92 Å². The van der Waals surface area contributed by atoms with Gasteiger partial charge in [0, 0.05) is 31.0 Å². The molecule has 1 amide bonds. The van der Waals surface area contributed by atoms with Crippen LogP contribution in [0.15, 0.2) is 66.7 Å². The van der Waals surface area contributed by atoms with E-state index in [-0.39, 0.29) is 25.6 Å². The predicted octanol–water partition coefficient (Wildman–Crippen LogP) is 4.75. The molecule has 7 nitrogen and oxygen atoms in total. The number of fused-ring (bicyclic) bond motifs is 3. The first kappa shape index (κ1) is 22.8. The second-order valence-electron chi connectivity index (χ2n) is 8.91. The first-order valence-electron chi connectivity index (χ1n) is 11.6. The molecule has 2 aliphatic rings. The summed E-state index contributed by atoms with van der Waals surface area (Å²) < 4.78 is 16.5. The third-order valence-electron chi connectivity index (χ3n) is 7.03. The molecule has 0 saturated carbocycles. The summed E-state index contributed by atoms with van der Waals surface area (Å²) in [5.74, 6) is -1.02. The minimum atomic E-state index is -0.953. The second-order valence-corrected chi connectivity index (χ2v) is 8.91. The summed E-state index contributed by atoms with van der Waals surface area (Å²) in [5.41, 5.74) is 5.33. The quantitative estimate of drug-likeness (QED) is 0.556. The zero-order valence-corrected chi connectivity index (χ0v) is 19.6. The number of carboxylic acids is 1. The van der Waals surface area contributed by atoms with Gasteiger partial charge in [-0.25, -0.2) is 4.79 Å². The predicted molar refractivity (Wildman–Crippen MR) is 130 cm³/mol. The minimum absolute atomic E-state index is 0.0531. The maximum absolute atomic E-state index is 13.1. The summed E-state index contributed by atoms with van der Waals surface area (Å²) in [6.07, 6.45) is -0.504. The minimum Gasteiger partial charge on any atom is -0.497 e. The van der Waals surface area contributed by atoms with Crippen molar-refractivity contribution in [3.8, 4) is 22.6 Å². The number of hydrogen-bond acceptors (Lipinski definition) is 5. The summed E-state index contributed by atoms with van der Waals surface area (Å²) in [6.45, 7) is 0.513. The van der Waals surface area contributed by atoms with Crippen LogP contribution in [0, 0.1) is 5.92 Å². The lowest BCUT2D eigenvalue weighted by Gasteiger charge is -2.19. The van der Waals surface area contributed by atoms with Crippen LogP contribution in [0.2, 0.25) is 0 Å². The smallest absolute Gasteiger partial charge is 0.409 e. The number of methoxy groups -OCH3 is 2. The highest BCUT2D eigenvalue weighted by Crippen LogP contribution is 2.44. The van der Waals surface area contributed by atoms with E-state index in [1.54, 1.807) is 32.4 Å². The van der Waals surface area contributed by atoms with Crippen molar-refractivity contribution in [1.29, 1.82) is 0 Å². The highest BCUT2D eigenvalue weighted by atomic mass is 16.6. The molecule has 2 atom stereocenters. The maximum atomic E-state index is 13.1. The van der Waals surface area contributed by atoms with E-state index < -0.39 is 23.9 Å². The lowest BCUT2D eigenvalue weighted by molar-refractivity contribution is -0.141. The van der Waals surface area contributed by atoms with Crippen molar-refractivity contribution in [1.82, 2.24) is 4.90 Å². The van der Waals surface area contributed by atoms with E-state index in [2.05, 4.69) is 24.3 Å². The highest BCUT2D eigenvalue weighted by molar-refractivity contribution is 5.79. The lowest BCUT2D eigenvalue weighted by atomic mass is 9.89. The molecule has 0 aromatic heterocycles. The number of nitrogens with zero attached hydrogens (tertiary/aromatic N) is 1. The van der Waals surface area contributed by atoms with Crippen LogP contribution in [-0.2, 0) is 9.53 Å². The summed E-state index contributed by atoms with van der Waals surface area (Å²) in [5, 5.41) is 9.88. The Morgan fingerprint density at radius 1 is 0.886 bits per heavy atom. The molecule has 1 aliphatic carbocycles. The van der Waals surface area contributed by atoms with Crippen molar-refractivity contribution in [2.45, 2.75) is 11.8 Å². The van der Waals surface area contributed by atoms with E-state index in [9.17, 15) is 14.7 Å². The number of aliphatic carboxylic acids is 1. The van der Waals surface area contributed by atoms with Gasteiger partial charge in [-0.3, -0.25) is 4.79 Å². The van der Waals surface area contributed by atoms with Crippen molar-refractivity contribution in [3.05, 3.63) is 83.4 Å². The number of amides is 1. The number of likely N-dealkylation sites (tertiary alicyclic amines) is 1. The Bertz CT molecular complexity index is 1200. The molecule has 3 aromatic rings. The molecule has 1 saturated heterocycles. The number of benzene rings is 3. The Hall–Kier alpha value is -4.00. The van der Waals surface area contributed by atoms with E-state index in [1.165, 1.54) is 4.90 Å². The molecule has 7 heteroatoms. The lowest BCUT2D eigenvalue weighted by Crippen LogP contribution is -2.31. The van der Waals surface area contributed by atoms with Crippen molar-refractivity contribution >= 4 is 12.1 Å². The SMILES string of the molecule is COc1cc(OC)cc(C2CN(C(=O)OCC3c4ccccc4-c4ccccc43)CC2C(=O)O)c1. The fraction of sp³-hybridized carbons (Fsp3) is 0.286.